The van der Waals surface area contributed by atoms with E-state index in [-0.39, 0.29) is 48.5 Å². The van der Waals surface area contributed by atoms with Crippen LogP contribution >= 0.6 is 0 Å². The number of carboxylic acids is 1. The monoisotopic (exact) mass is 499 g/mol. The summed E-state index contributed by atoms with van der Waals surface area (Å²) in [5, 5.41) is 22.4. The standard InChI is InChI=1S/C25H24F3N5O3/c1-14-11-18(15(2)30-20-6-4-3-5-17(20)24(35)36)22-31-21(19(12-29)23(34)33(22)13-14)32-9-7-16(8-10-32)25(26,27)28/h3-6,11,13,15-16,30H,7-10H2,1-2H3,(H,35,36)/t15-/m1/s1. The van der Waals surface area contributed by atoms with Crippen molar-refractivity contribution in [2.45, 2.75) is 38.9 Å². The Labute approximate surface area is 204 Å². The molecule has 0 spiro atoms. The third kappa shape index (κ3) is 4.71. The predicted molar refractivity (Wildman–Crippen MR) is 127 cm³/mol. The molecule has 8 nitrogen and oxygen atoms in total. The van der Waals surface area contributed by atoms with Crippen LogP contribution in [-0.2, 0) is 0 Å². The number of alkyl halides is 3. The number of aromatic nitrogens is 2. The fourth-order valence-electron chi connectivity index (χ4n) is 4.57. The molecule has 4 rings (SSSR count). The van der Waals surface area contributed by atoms with E-state index < -0.39 is 29.7 Å². The van der Waals surface area contributed by atoms with Crippen LogP contribution in [-0.4, -0.2) is 39.7 Å². The van der Waals surface area contributed by atoms with Gasteiger partial charge < -0.3 is 15.3 Å². The Kier molecular flexibility index (Phi) is 6.63. The van der Waals surface area contributed by atoms with Gasteiger partial charge in [-0.05, 0) is 50.5 Å². The molecule has 1 aromatic carbocycles. The Morgan fingerprint density at radius 2 is 1.94 bits per heavy atom. The fourth-order valence-corrected chi connectivity index (χ4v) is 4.57. The molecule has 188 valence electrons. The molecule has 0 saturated carbocycles. The lowest BCUT2D eigenvalue weighted by Crippen LogP contribution is -2.40. The Balaban J connectivity index is 1.79. The van der Waals surface area contributed by atoms with Crippen LogP contribution in [0.25, 0.3) is 5.65 Å². The number of halogens is 3. The number of aromatic carboxylic acids is 1. The molecule has 0 unspecified atom stereocenters. The van der Waals surface area contributed by atoms with Crippen LogP contribution < -0.4 is 15.8 Å². The van der Waals surface area contributed by atoms with E-state index >= 15 is 0 Å². The number of benzene rings is 1. The minimum atomic E-state index is -4.29. The van der Waals surface area contributed by atoms with Crippen LogP contribution in [0.1, 0.15) is 52.9 Å². The number of nitriles is 1. The van der Waals surface area contributed by atoms with Crippen molar-refractivity contribution >= 4 is 23.1 Å². The summed E-state index contributed by atoms with van der Waals surface area (Å²) in [4.78, 5) is 31.1. The van der Waals surface area contributed by atoms with Gasteiger partial charge >= 0.3 is 12.1 Å². The van der Waals surface area contributed by atoms with Crippen LogP contribution in [0.5, 0.6) is 0 Å². The van der Waals surface area contributed by atoms with Crippen LogP contribution in [0.3, 0.4) is 0 Å². The van der Waals surface area contributed by atoms with E-state index in [9.17, 15) is 33.1 Å². The lowest BCUT2D eigenvalue weighted by Gasteiger charge is -2.34. The van der Waals surface area contributed by atoms with Gasteiger partial charge in [-0.1, -0.05) is 12.1 Å². The molecule has 0 bridgehead atoms. The van der Waals surface area contributed by atoms with Crippen LogP contribution in [0, 0.1) is 24.2 Å². The van der Waals surface area contributed by atoms with Gasteiger partial charge in [0.25, 0.3) is 5.56 Å². The van der Waals surface area contributed by atoms with Crippen LogP contribution in [0.2, 0.25) is 0 Å². The van der Waals surface area contributed by atoms with E-state index in [4.69, 9.17) is 0 Å². The molecule has 11 heteroatoms. The van der Waals surface area contributed by atoms with E-state index in [1.54, 1.807) is 49.2 Å². The van der Waals surface area contributed by atoms with Crippen LogP contribution in [0.4, 0.5) is 24.7 Å². The summed E-state index contributed by atoms with van der Waals surface area (Å²) in [6, 6.07) is 9.59. The summed E-state index contributed by atoms with van der Waals surface area (Å²) in [6.45, 7) is 3.59. The average molecular weight is 499 g/mol. The van der Waals surface area contributed by atoms with Crippen molar-refractivity contribution in [2.24, 2.45) is 5.92 Å². The smallest absolute Gasteiger partial charge is 0.391 e. The molecule has 3 heterocycles. The second-order valence-corrected chi connectivity index (χ2v) is 8.91. The molecule has 2 aromatic heterocycles. The summed E-state index contributed by atoms with van der Waals surface area (Å²) < 4.78 is 40.7. The first-order valence-corrected chi connectivity index (χ1v) is 11.4. The first kappa shape index (κ1) is 25.0. The van der Waals surface area contributed by atoms with Gasteiger partial charge in [-0.15, -0.1) is 0 Å². The molecule has 2 N–H and O–H groups in total. The first-order chi connectivity index (χ1) is 17.0. The van der Waals surface area contributed by atoms with Crippen molar-refractivity contribution in [2.75, 3.05) is 23.3 Å². The molecule has 1 fully saturated rings. The highest BCUT2D eigenvalue weighted by Gasteiger charge is 2.41. The van der Waals surface area contributed by atoms with Gasteiger partial charge in [0.05, 0.1) is 17.5 Å². The van der Waals surface area contributed by atoms with Crippen molar-refractivity contribution in [3.8, 4) is 6.07 Å². The zero-order chi connectivity index (χ0) is 26.2. The summed E-state index contributed by atoms with van der Waals surface area (Å²) >= 11 is 0. The van der Waals surface area contributed by atoms with Gasteiger partial charge in [0.2, 0.25) is 0 Å². The summed E-state index contributed by atoms with van der Waals surface area (Å²) in [6.07, 6.45) is -3.05. The van der Waals surface area contributed by atoms with Gasteiger partial charge in [-0.2, -0.15) is 18.4 Å². The second-order valence-electron chi connectivity index (χ2n) is 8.91. The highest BCUT2D eigenvalue weighted by atomic mass is 19.4. The summed E-state index contributed by atoms with van der Waals surface area (Å²) in [5.41, 5.74) is 1.14. The number of piperidine rings is 1. The minimum absolute atomic E-state index is 0.0163. The minimum Gasteiger partial charge on any atom is -0.478 e. The number of aryl methyl sites for hydroxylation is 1. The molecule has 1 aliphatic rings. The number of fused-ring (bicyclic) bond motifs is 1. The summed E-state index contributed by atoms with van der Waals surface area (Å²) in [7, 11) is 0. The van der Waals surface area contributed by atoms with Crippen molar-refractivity contribution in [1.82, 2.24) is 9.38 Å². The largest absolute Gasteiger partial charge is 0.478 e. The molecule has 1 atom stereocenters. The molecular formula is C25H24F3N5O3. The highest BCUT2D eigenvalue weighted by Crippen LogP contribution is 2.36. The second kappa shape index (κ2) is 9.53. The number of hydrogen-bond donors (Lipinski definition) is 2. The van der Waals surface area contributed by atoms with E-state index in [2.05, 4.69) is 10.3 Å². The number of carboxylic acid groups (broad SMARTS) is 1. The summed E-state index contributed by atoms with van der Waals surface area (Å²) in [5.74, 6) is -2.47. The average Bonchev–Trinajstić information content (AvgIpc) is 2.83. The number of nitrogens with zero attached hydrogens (tertiary/aromatic N) is 4. The van der Waals surface area contributed by atoms with E-state index in [1.165, 1.54) is 10.5 Å². The zero-order valence-electron chi connectivity index (χ0n) is 19.6. The lowest BCUT2D eigenvalue weighted by atomic mass is 9.96. The van der Waals surface area contributed by atoms with Crippen LogP contribution in [0.15, 0.2) is 41.3 Å². The number of carbonyl (C=O) groups is 1. The highest BCUT2D eigenvalue weighted by molar-refractivity contribution is 5.94. The Morgan fingerprint density at radius 1 is 1.28 bits per heavy atom. The van der Waals surface area contributed by atoms with E-state index in [1.807, 2.05) is 6.07 Å². The van der Waals surface area contributed by atoms with Gasteiger partial charge in [0.1, 0.15) is 11.7 Å². The number of pyridine rings is 1. The van der Waals surface area contributed by atoms with Crippen molar-refractivity contribution in [3.63, 3.8) is 0 Å². The van der Waals surface area contributed by atoms with Gasteiger partial charge in [-0.25, -0.2) is 9.78 Å². The number of para-hydroxylation sites is 1. The SMILES string of the molecule is Cc1cc([C@@H](C)Nc2ccccc2C(=O)O)c2nc(N3CCC(C(F)(F)F)CC3)c(C#N)c(=O)n2c1. The molecule has 0 aliphatic carbocycles. The maximum Gasteiger partial charge on any atom is 0.391 e. The molecular weight excluding hydrogens is 475 g/mol. The Hall–Kier alpha value is -4.07. The first-order valence-electron chi connectivity index (χ1n) is 11.4. The topological polar surface area (TPSA) is 111 Å². The normalized spacial score (nSPS) is 15.5. The van der Waals surface area contributed by atoms with Crippen molar-refractivity contribution in [3.05, 3.63) is 69.1 Å². The number of rotatable bonds is 5. The molecule has 1 saturated heterocycles. The lowest BCUT2D eigenvalue weighted by molar-refractivity contribution is -0.179. The molecule has 0 amide bonds. The number of hydrogen-bond acceptors (Lipinski definition) is 6. The maximum atomic E-state index is 13.3. The van der Waals surface area contributed by atoms with Gasteiger partial charge in [-0.3, -0.25) is 9.20 Å². The fraction of sp³-hybridized carbons (Fsp3) is 0.360. The third-order valence-corrected chi connectivity index (χ3v) is 6.44. The Morgan fingerprint density at radius 3 is 2.56 bits per heavy atom. The molecule has 1 aliphatic heterocycles. The molecule has 0 radical (unpaired) electrons. The molecule has 36 heavy (non-hydrogen) atoms. The molecule has 3 aromatic rings. The zero-order valence-corrected chi connectivity index (χ0v) is 19.6. The number of nitrogens with one attached hydrogen (secondary N) is 1. The van der Waals surface area contributed by atoms with E-state index in [0.717, 1.165) is 0 Å². The van der Waals surface area contributed by atoms with Crippen molar-refractivity contribution in [1.29, 1.82) is 5.26 Å². The number of anilines is 2. The van der Waals surface area contributed by atoms with Crippen molar-refractivity contribution < 1.29 is 23.1 Å². The van der Waals surface area contributed by atoms with E-state index in [0.29, 0.717) is 16.8 Å². The Bertz CT molecular complexity index is 1420. The third-order valence-electron chi connectivity index (χ3n) is 6.44. The quantitative estimate of drug-likeness (QED) is 0.531. The van der Waals surface area contributed by atoms with Gasteiger partial charge in [0.15, 0.2) is 11.4 Å². The van der Waals surface area contributed by atoms with Gasteiger partial charge in [0, 0.05) is 30.5 Å². The maximum absolute atomic E-state index is 13.3. The predicted octanol–water partition coefficient (Wildman–Crippen LogP) is 4.52.